The summed E-state index contributed by atoms with van der Waals surface area (Å²) in [6.45, 7) is 3.96. The Morgan fingerprint density at radius 1 is 1.18 bits per heavy atom. The van der Waals surface area contributed by atoms with E-state index in [1.807, 2.05) is 44.2 Å². The lowest BCUT2D eigenvalue weighted by molar-refractivity contribution is 1.26. The van der Waals surface area contributed by atoms with Crippen molar-refractivity contribution in [2.75, 3.05) is 0 Å². The van der Waals surface area contributed by atoms with Gasteiger partial charge in [-0.3, -0.25) is 0 Å². The molecule has 17 heavy (non-hydrogen) atoms. The lowest BCUT2D eigenvalue weighted by atomic mass is 10.1. The third-order valence-electron chi connectivity index (χ3n) is 2.57. The quantitative estimate of drug-likeness (QED) is 0.805. The Morgan fingerprint density at radius 2 is 1.94 bits per heavy atom. The van der Waals surface area contributed by atoms with Crippen molar-refractivity contribution in [3.8, 4) is 23.5 Å². The minimum absolute atomic E-state index is 0.142. The van der Waals surface area contributed by atoms with Gasteiger partial charge in [0, 0.05) is 5.56 Å². The van der Waals surface area contributed by atoms with E-state index in [9.17, 15) is 0 Å². The van der Waals surface area contributed by atoms with Gasteiger partial charge in [-0.05, 0) is 25.5 Å². The zero-order chi connectivity index (χ0) is 12.4. The average Bonchev–Trinajstić information content (AvgIpc) is 2.75. The van der Waals surface area contributed by atoms with Gasteiger partial charge >= 0.3 is 0 Å². The maximum atomic E-state index is 8.86. The molecule has 0 spiro atoms. The van der Waals surface area contributed by atoms with Crippen LogP contribution in [0.1, 0.15) is 22.5 Å². The molecule has 0 fully saturated rings. The number of nitrogens with one attached hydrogen (secondary N) is 1. The lowest BCUT2D eigenvalue weighted by Crippen LogP contribution is -1.87. The third-order valence-corrected chi connectivity index (χ3v) is 2.57. The molecule has 0 bridgehead atoms. The lowest BCUT2D eigenvalue weighted by Gasteiger charge is -2.03. The SMILES string of the molecule is Cc1ccc(C)c(-c2nc(C#N)c(C#N)[nH]2)c1. The van der Waals surface area contributed by atoms with Crippen LogP contribution in [-0.2, 0) is 0 Å². The van der Waals surface area contributed by atoms with Crippen molar-refractivity contribution in [2.24, 2.45) is 0 Å². The van der Waals surface area contributed by atoms with Gasteiger partial charge in [0.05, 0.1) is 0 Å². The van der Waals surface area contributed by atoms with Crippen molar-refractivity contribution in [1.29, 1.82) is 10.5 Å². The number of aryl methyl sites for hydroxylation is 2. The zero-order valence-electron chi connectivity index (χ0n) is 9.57. The summed E-state index contributed by atoms with van der Waals surface area (Å²) in [5.41, 5.74) is 3.44. The molecule has 0 aliphatic carbocycles. The summed E-state index contributed by atoms with van der Waals surface area (Å²) in [7, 11) is 0. The molecule has 1 N–H and O–H groups in total. The van der Waals surface area contributed by atoms with Crippen molar-refractivity contribution in [2.45, 2.75) is 13.8 Å². The predicted molar refractivity (Wildman–Crippen MR) is 62.9 cm³/mol. The molecule has 0 atom stereocenters. The van der Waals surface area contributed by atoms with E-state index in [0.717, 1.165) is 16.7 Å². The summed E-state index contributed by atoms with van der Waals surface area (Å²) in [4.78, 5) is 7.00. The maximum Gasteiger partial charge on any atom is 0.177 e. The normalized spacial score (nSPS) is 9.65. The first-order valence-electron chi connectivity index (χ1n) is 5.13. The van der Waals surface area contributed by atoms with E-state index in [0.29, 0.717) is 5.82 Å². The Hall–Kier alpha value is -2.59. The highest BCUT2D eigenvalue weighted by atomic mass is 14.9. The van der Waals surface area contributed by atoms with Gasteiger partial charge in [-0.15, -0.1) is 0 Å². The van der Waals surface area contributed by atoms with Crippen molar-refractivity contribution in [3.05, 3.63) is 40.7 Å². The second kappa shape index (κ2) is 4.11. The fraction of sp³-hybridized carbons (Fsp3) is 0.154. The molecule has 4 heteroatoms. The number of nitrogens with zero attached hydrogens (tertiary/aromatic N) is 3. The van der Waals surface area contributed by atoms with Crippen LogP contribution in [0.4, 0.5) is 0 Å². The zero-order valence-corrected chi connectivity index (χ0v) is 9.57. The number of aromatic amines is 1. The molecule has 0 aliphatic rings. The third kappa shape index (κ3) is 1.89. The summed E-state index contributed by atoms with van der Waals surface area (Å²) in [6.07, 6.45) is 0. The van der Waals surface area contributed by atoms with Crippen LogP contribution < -0.4 is 0 Å². The number of hydrogen-bond acceptors (Lipinski definition) is 3. The van der Waals surface area contributed by atoms with E-state index >= 15 is 0 Å². The highest BCUT2D eigenvalue weighted by molar-refractivity contribution is 5.63. The molecule has 0 aliphatic heterocycles. The fourth-order valence-corrected chi connectivity index (χ4v) is 1.65. The van der Waals surface area contributed by atoms with Gasteiger partial charge in [-0.1, -0.05) is 17.7 Å². The average molecular weight is 222 g/mol. The molecule has 82 valence electrons. The first-order chi connectivity index (χ1) is 8.15. The van der Waals surface area contributed by atoms with Gasteiger partial charge in [-0.2, -0.15) is 10.5 Å². The minimum atomic E-state index is 0.142. The molecule has 0 saturated heterocycles. The van der Waals surface area contributed by atoms with Crippen molar-refractivity contribution < 1.29 is 0 Å². The molecule has 0 saturated carbocycles. The molecule has 0 unspecified atom stereocenters. The Bertz CT molecular complexity index is 622. The van der Waals surface area contributed by atoms with Crippen molar-refractivity contribution in [1.82, 2.24) is 9.97 Å². The van der Waals surface area contributed by atoms with Crippen LogP contribution in [-0.4, -0.2) is 9.97 Å². The number of nitriles is 2. The van der Waals surface area contributed by atoms with E-state index in [1.165, 1.54) is 0 Å². The second-order valence-electron chi connectivity index (χ2n) is 3.85. The number of aromatic nitrogens is 2. The number of imidazole rings is 1. The van der Waals surface area contributed by atoms with E-state index in [2.05, 4.69) is 9.97 Å². The molecule has 1 aromatic heterocycles. The molecule has 1 heterocycles. The maximum absolute atomic E-state index is 8.86. The largest absolute Gasteiger partial charge is 0.329 e. The predicted octanol–water partition coefficient (Wildman–Crippen LogP) is 2.44. The Labute approximate surface area is 99.2 Å². The first-order valence-corrected chi connectivity index (χ1v) is 5.13. The van der Waals surface area contributed by atoms with E-state index in [-0.39, 0.29) is 11.4 Å². The van der Waals surface area contributed by atoms with Crippen LogP contribution in [0, 0.1) is 36.5 Å². The van der Waals surface area contributed by atoms with Crippen LogP contribution >= 0.6 is 0 Å². The standard InChI is InChI=1S/C13H10N4/c1-8-3-4-9(2)10(5-8)13-16-11(6-14)12(7-15)17-13/h3-5H,1-2H3,(H,16,17). The Kier molecular flexibility index (Phi) is 2.64. The van der Waals surface area contributed by atoms with Crippen LogP contribution in [0.2, 0.25) is 0 Å². The van der Waals surface area contributed by atoms with Gasteiger partial charge < -0.3 is 4.98 Å². The molecule has 4 nitrogen and oxygen atoms in total. The summed E-state index contributed by atoms with van der Waals surface area (Å²) in [6, 6.07) is 9.82. The Balaban J connectivity index is 2.62. The highest BCUT2D eigenvalue weighted by Crippen LogP contribution is 2.22. The van der Waals surface area contributed by atoms with E-state index < -0.39 is 0 Å². The van der Waals surface area contributed by atoms with Crippen LogP contribution in [0.25, 0.3) is 11.4 Å². The molecule has 0 radical (unpaired) electrons. The van der Waals surface area contributed by atoms with Gasteiger partial charge in [0.2, 0.25) is 0 Å². The van der Waals surface area contributed by atoms with Gasteiger partial charge in [-0.25, -0.2) is 4.98 Å². The number of hydrogen-bond donors (Lipinski definition) is 1. The number of H-pyrrole nitrogens is 1. The summed E-state index contributed by atoms with van der Waals surface area (Å²) >= 11 is 0. The molecule has 0 amide bonds. The number of rotatable bonds is 1. The molecular formula is C13H10N4. The van der Waals surface area contributed by atoms with Crippen molar-refractivity contribution >= 4 is 0 Å². The second-order valence-corrected chi connectivity index (χ2v) is 3.85. The topological polar surface area (TPSA) is 76.3 Å². The molecule has 1 aromatic carbocycles. The minimum Gasteiger partial charge on any atom is -0.329 e. The summed E-state index contributed by atoms with van der Waals surface area (Å²) in [5, 5.41) is 17.7. The molecule has 2 rings (SSSR count). The Morgan fingerprint density at radius 3 is 2.53 bits per heavy atom. The highest BCUT2D eigenvalue weighted by Gasteiger charge is 2.12. The van der Waals surface area contributed by atoms with Gasteiger partial charge in [0.15, 0.2) is 11.4 Å². The first kappa shape index (κ1) is 10.9. The fourth-order valence-electron chi connectivity index (χ4n) is 1.65. The van der Waals surface area contributed by atoms with Crippen LogP contribution in [0.5, 0.6) is 0 Å². The van der Waals surface area contributed by atoms with Crippen LogP contribution in [0.3, 0.4) is 0 Å². The molecule has 2 aromatic rings. The molecular weight excluding hydrogens is 212 g/mol. The smallest absolute Gasteiger partial charge is 0.177 e. The summed E-state index contributed by atoms with van der Waals surface area (Å²) < 4.78 is 0. The summed E-state index contributed by atoms with van der Waals surface area (Å²) in [5.74, 6) is 0.569. The van der Waals surface area contributed by atoms with Gasteiger partial charge in [0.25, 0.3) is 0 Å². The van der Waals surface area contributed by atoms with Gasteiger partial charge in [0.1, 0.15) is 18.0 Å². The van der Waals surface area contributed by atoms with E-state index in [1.54, 1.807) is 0 Å². The number of benzene rings is 1. The van der Waals surface area contributed by atoms with Crippen molar-refractivity contribution in [3.63, 3.8) is 0 Å². The monoisotopic (exact) mass is 222 g/mol. The van der Waals surface area contributed by atoms with E-state index in [4.69, 9.17) is 10.5 Å². The van der Waals surface area contributed by atoms with Crippen LogP contribution in [0.15, 0.2) is 18.2 Å².